The van der Waals surface area contributed by atoms with Gasteiger partial charge in [0.25, 0.3) is 0 Å². The number of unbranched alkanes of at least 4 members (excludes halogenated alkanes) is 1. The van der Waals surface area contributed by atoms with E-state index >= 15 is 0 Å². The molecule has 0 aromatic heterocycles. The van der Waals surface area contributed by atoms with Crippen molar-refractivity contribution in [1.29, 1.82) is 0 Å². The third-order valence-electron chi connectivity index (χ3n) is 2.55. The molecule has 0 saturated heterocycles. The van der Waals surface area contributed by atoms with Gasteiger partial charge in [-0.2, -0.15) is 0 Å². The van der Waals surface area contributed by atoms with E-state index in [2.05, 4.69) is 0 Å². The van der Waals surface area contributed by atoms with Crippen LogP contribution in [0.25, 0.3) is 0 Å². The van der Waals surface area contributed by atoms with Crippen LogP contribution in [0.2, 0.25) is 0 Å². The van der Waals surface area contributed by atoms with Crippen molar-refractivity contribution in [2.24, 2.45) is 0 Å². The van der Waals surface area contributed by atoms with Gasteiger partial charge in [-0.15, -0.1) is 0 Å². The molecule has 0 rings (SSSR count). The molecule has 4 heteroatoms. The summed E-state index contributed by atoms with van der Waals surface area (Å²) in [6.07, 6.45) is 3.25. The van der Waals surface area contributed by atoms with E-state index < -0.39 is 7.28 Å². The van der Waals surface area contributed by atoms with Gasteiger partial charge >= 0.3 is 80.2 Å². The topological polar surface area (TPSA) is 60.7 Å². The van der Waals surface area contributed by atoms with E-state index in [-0.39, 0.29) is 11.8 Å². The first-order chi connectivity index (χ1) is 5.82. The Labute approximate surface area is 81.0 Å². The molecule has 0 saturated carbocycles. The summed E-state index contributed by atoms with van der Waals surface area (Å²) in [7, 11) is -4.31. The van der Waals surface area contributed by atoms with Gasteiger partial charge in [-0.1, -0.05) is 0 Å². The molecule has 3 N–H and O–H groups in total. The van der Waals surface area contributed by atoms with E-state index in [0.717, 1.165) is 12.8 Å². The van der Waals surface area contributed by atoms with Gasteiger partial charge in [0.2, 0.25) is 0 Å². The van der Waals surface area contributed by atoms with Crippen LogP contribution in [-0.4, -0.2) is 26.5 Å². The molecule has 0 aliphatic carbocycles. The number of hydrogen-bond donors (Lipinski definition) is 3. The van der Waals surface area contributed by atoms with Gasteiger partial charge < -0.3 is 0 Å². The van der Waals surface area contributed by atoms with Gasteiger partial charge in [0.1, 0.15) is 0 Å². The Bertz CT molecular complexity index is 151. The Hall–Kier alpha value is 0.310. The van der Waals surface area contributed by atoms with Crippen LogP contribution in [-0.2, 0) is 0 Å². The molecule has 82 valence electrons. The minimum atomic E-state index is -4.31. The second-order valence-electron chi connectivity index (χ2n) is 3.94. The Morgan fingerprint density at radius 2 is 1.62 bits per heavy atom. The Balaban J connectivity index is 4.27. The van der Waals surface area contributed by atoms with Crippen molar-refractivity contribution in [2.75, 3.05) is 6.16 Å². The van der Waals surface area contributed by atoms with Crippen LogP contribution >= 0.6 is 7.28 Å². The van der Waals surface area contributed by atoms with Crippen LogP contribution in [0.3, 0.4) is 0 Å². The fourth-order valence-corrected chi connectivity index (χ4v) is 3.52. The van der Waals surface area contributed by atoms with Gasteiger partial charge in [0, 0.05) is 0 Å². The van der Waals surface area contributed by atoms with Crippen molar-refractivity contribution < 1.29 is 14.7 Å². The summed E-state index contributed by atoms with van der Waals surface area (Å²) in [5.41, 5.74) is -0.373. The third-order valence-corrected chi connectivity index (χ3v) is 5.79. The summed E-state index contributed by atoms with van der Waals surface area (Å²) < 4.78 is 0. The summed E-state index contributed by atoms with van der Waals surface area (Å²) in [6, 6.07) is 0. The van der Waals surface area contributed by atoms with Crippen molar-refractivity contribution in [3.8, 4) is 0 Å². The van der Waals surface area contributed by atoms with Crippen molar-refractivity contribution in [2.45, 2.75) is 52.1 Å². The van der Waals surface area contributed by atoms with Crippen molar-refractivity contribution in [3.63, 3.8) is 0 Å². The standard InChI is InChI=1S/C9H23O3P/c1-4-6-8-13(10,11,12)9(3)7-5-2/h9-12H,4-8H2,1-3H3. The van der Waals surface area contributed by atoms with E-state index in [1.807, 2.05) is 13.8 Å². The zero-order chi connectivity index (χ0) is 10.6. The predicted octanol–water partition coefficient (Wildman–Crippen LogP) is 2.25. The Morgan fingerprint density at radius 3 is 2.00 bits per heavy atom. The summed E-state index contributed by atoms with van der Waals surface area (Å²) >= 11 is 0. The third kappa shape index (κ3) is 4.37. The van der Waals surface area contributed by atoms with Gasteiger partial charge in [0.15, 0.2) is 0 Å². The molecule has 0 spiro atoms. The first-order valence-corrected chi connectivity index (χ1v) is 7.42. The first-order valence-electron chi connectivity index (χ1n) is 5.07. The Morgan fingerprint density at radius 1 is 1.08 bits per heavy atom. The van der Waals surface area contributed by atoms with Crippen LogP contribution in [0.1, 0.15) is 46.5 Å². The van der Waals surface area contributed by atoms with Gasteiger partial charge in [0.05, 0.1) is 0 Å². The zero-order valence-electron chi connectivity index (χ0n) is 8.90. The molecule has 0 bridgehead atoms. The SMILES string of the molecule is CCCCP(O)(O)(O)C(C)CCC. The fourth-order valence-electron chi connectivity index (χ4n) is 1.36. The maximum atomic E-state index is 9.75. The molecule has 0 heterocycles. The molecular weight excluding hydrogens is 187 g/mol. The molecule has 1 unspecified atom stereocenters. The van der Waals surface area contributed by atoms with Crippen LogP contribution in [0, 0.1) is 0 Å². The van der Waals surface area contributed by atoms with Gasteiger partial charge in [-0.25, -0.2) is 0 Å². The quantitative estimate of drug-likeness (QED) is 0.589. The van der Waals surface area contributed by atoms with Crippen LogP contribution in [0.15, 0.2) is 0 Å². The molecule has 0 aliphatic rings. The molecule has 13 heavy (non-hydrogen) atoms. The average Bonchev–Trinajstić information content (AvgIpc) is 2.01. The van der Waals surface area contributed by atoms with E-state index in [1.54, 1.807) is 6.92 Å². The van der Waals surface area contributed by atoms with Crippen molar-refractivity contribution in [3.05, 3.63) is 0 Å². The second-order valence-corrected chi connectivity index (χ2v) is 7.71. The second kappa shape index (κ2) is 4.70. The molecular formula is C9H23O3P. The normalized spacial score (nSPS) is 17.8. The average molecular weight is 210 g/mol. The fraction of sp³-hybridized carbons (Fsp3) is 1.00. The van der Waals surface area contributed by atoms with Crippen LogP contribution in [0.5, 0.6) is 0 Å². The van der Waals surface area contributed by atoms with Crippen molar-refractivity contribution in [1.82, 2.24) is 0 Å². The summed E-state index contributed by atoms with van der Waals surface area (Å²) in [5, 5.41) is 0. The van der Waals surface area contributed by atoms with Crippen LogP contribution in [0.4, 0.5) is 0 Å². The summed E-state index contributed by atoms with van der Waals surface area (Å²) in [5.74, 6) is 0. The monoisotopic (exact) mass is 210 g/mol. The molecule has 0 aliphatic heterocycles. The van der Waals surface area contributed by atoms with E-state index in [4.69, 9.17) is 0 Å². The van der Waals surface area contributed by atoms with E-state index in [9.17, 15) is 14.7 Å². The predicted molar refractivity (Wildman–Crippen MR) is 57.7 cm³/mol. The molecule has 0 fully saturated rings. The molecule has 3 nitrogen and oxygen atoms in total. The Kier molecular flexibility index (Phi) is 4.81. The van der Waals surface area contributed by atoms with Gasteiger partial charge in [-0.3, -0.25) is 0 Å². The molecule has 0 aromatic rings. The van der Waals surface area contributed by atoms with E-state index in [1.165, 1.54) is 0 Å². The number of rotatable bonds is 6. The van der Waals surface area contributed by atoms with Crippen molar-refractivity contribution >= 4 is 7.28 Å². The van der Waals surface area contributed by atoms with Gasteiger partial charge in [-0.05, 0) is 0 Å². The molecule has 0 amide bonds. The first kappa shape index (κ1) is 13.3. The minimum absolute atomic E-state index is 0.156. The van der Waals surface area contributed by atoms with E-state index in [0.29, 0.717) is 12.8 Å². The molecule has 0 aromatic carbocycles. The molecule has 0 radical (unpaired) electrons. The maximum absolute atomic E-state index is 9.75. The summed E-state index contributed by atoms with van der Waals surface area (Å²) in [4.78, 5) is 29.3. The molecule has 1 atom stereocenters. The summed E-state index contributed by atoms with van der Waals surface area (Å²) in [6.45, 7) is 5.66. The zero-order valence-corrected chi connectivity index (χ0v) is 9.80. The van der Waals surface area contributed by atoms with Crippen LogP contribution < -0.4 is 0 Å². The number of hydrogen-bond acceptors (Lipinski definition) is 3.